The molecule has 0 spiro atoms. The van der Waals surface area contributed by atoms with Gasteiger partial charge in [-0.05, 0) is 73.6 Å². The van der Waals surface area contributed by atoms with E-state index in [1.165, 1.54) is 0 Å². The summed E-state index contributed by atoms with van der Waals surface area (Å²) in [6, 6.07) is 18.5. The van der Waals surface area contributed by atoms with Crippen molar-refractivity contribution in [2.24, 2.45) is 5.92 Å². The predicted molar refractivity (Wildman–Crippen MR) is 141 cm³/mol. The molecule has 0 saturated heterocycles. The van der Waals surface area contributed by atoms with Gasteiger partial charge in [-0.1, -0.05) is 32.0 Å². The molecule has 4 aromatic rings. The lowest BCUT2D eigenvalue weighted by Crippen LogP contribution is -2.32. The van der Waals surface area contributed by atoms with E-state index in [4.69, 9.17) is 19.7 Å². The van der Waals surface area contributed by atoms with Crippen molar-refractivity contribution in [3.8, 4) is 17.5 Å². The van der Waals surface area contributed by atoms with E-state index in [0.29, 0.717) is 36.4 Å². The Hall–Kier alpha value is -3.89. The summed E-state index contributed by atoms with van der Waals surface area (Å²) in [6.45, 7) is 7.19. The zero-order valence-corrected chi connectivity index (χ0v) is 21.0. The van der Waals surface area contributed by atoms with Gasteiger partial charge in [0.1, 0.15) is 12.4 Å². The highest BCUT2D eigenvalue weighted by Gasteiger charge is 2.38. The summed E-state index contributed by atoms with van der Waals surface area (Å²) in [6.07, 6.45) is 4.73. The molecule has 0 bridgehead atoms. The summed E-state index contributed by atoms with van der Waals surface area (Å²) >= 11 is 0. The van der Waals surface area contributed by atoms with Crippen LogP contribution in [0.3, 0.4) is 0 Å². The van der Waals surface area contributed by atoms with Gasteiger partial charge in [-0.15, -0.1) is 0 Å². The van der Waals surface area contributed by atoms with Crippen LogP contribution < -0.4 is 5.32 Å². The van der Waals surface area contributed by atoms with Gasteiger partial charge in [-0.2, -0.15) is 5.26 Å². The molecule has 1 fully saturated rings. The Balaban J connectivity index is 1.50. The molecule has 7 nitrogen and oxygen atoms in total. The van der Waals surface area contributed by atoms with E-state index in [2.05, 4.69) is 30.2 Å². The second-order valence-electron chi connectivity index (χ2n) is 9.88. The molecular weight excluding hydrogens is 448 g/mol. The number of nitrogens with zero attached hydrogens (tertiary/aromatic N) is 5. The number of fused-ring (bicyclic) bond motifs is 1. The maximum absolute atomic E-state index is 9.66. The molecule has 0 aliphatic heterocycles. The number of anilines is 2. The molecule has 0 amide bonds. The smallest absolute Gasteiger partial charge is 0.165 e. The van der Waals surface area contributed by atoms with Crippen LogP contribution in [0.5, 0.6) is 0 Å². The maximum atomic E-state index is 9.66. The SMILES string of the molecule is Cc1cccnc1-c1ccc2c(Nc3ccc(C4(C#N)CCC4)cc3)nc(COCC(C)C)nc2n1. The van der Waals surface area contributed by atoms with Crippen molar-refractivity contribution in [1.82, 2.24) is 19.9 Å². The van der Waals surface area contributed by atoms with Gasteiger partial charge in [0.2, 0.25) is 0 Å². The molecule has 0 radical (unpaired) electrons. The Labute approximate surface area is 211 Å². The zero-order valence-electron chi connectivity index (χ0n) is 21.0. The number of ether oxygens (including phenoxy) is 1. The monoisotopic (exact) mass is 478 g/mol. The highest BCUT2D eigenvalue weighted by atomic mass is 16.5. The number of aromatic nitrogens is 4. The molecule has 1 N–H and O–H groups in total. The normalized spacial score (nSPS) is 14.4. The molecule has 182 valence electrons. The Kier molecular flexibility index (Phi) is 6.62. The predicted octanol–water partition coefficient (Wildman–Crippen LogP) is 6.26. The number of aryl methyl sites for hydroxylation is 1. The van der Waals surface area contributed by atoms with Crippen LogP contribution in [0.15, 0.2) is 54.7 Å². The summed E-state index contributed by atoms with van der Waals surface area (Å²) in [5.41, 5.74) is 4.89. The van der Waals surface area contributed by atoms with Crippen molar-refractivity contribution in [1.29, 1.82) is 5.26 Å². The molecule has 1 aromatic carbocycles. The van der Waals surface area contributed by atoms with Gasteiger partial charge in [0.05, 0.1) is 28.3 Å². The molecule has 3 aromatic heterocycles. The summed E-state index contributed by atoms with van der Waals surface area (Å²) in [4.78, 5) is 18.8. The zero-order chi connectivity index (χ0) is 25.1. The number of pyridine rings is 2. The lowest BCUT2D eigenvalue weighted by Gasteiger charge is -2.35. The Morgan fingerprint density at radius 1 is 1.06 bits per heavy atom. The van der Waals surface area contributed by atoms with E-state index in [9.17, 15) is 5.26 Å². The molecular formula is C29H30N6O. The third-order valence-electron chi connectivity index (χ3n) is 6.66. The van der Waals surface area contributed by atoms with Crippen LogP contribution in [0.1, 0.15) is 50.1 Å². The molecule has 1 saturated carbocycles. The van der Waals surface area contributed by atoms with E-state index in [0.717, 1.165) is 52.9 Å². The fraction of sp³-hybridized carbons (Fsp3) is 0.345. The maximum Gasteiger partial charge on any atom is 0.165 e. The number of nitrogens with one attached hydrogen (secondary N) is 1. The number of hydrogen-bond donors (Lipinski definition) is 1. The minimum absolute atomic E-state index is 0.306. The van der Waals surface area contributed by atoms with Gasteiger partial charge in [0.15, 0.2) is 11.5 Å². The second kappa shape index (κ2) is 10.00. The number of benzene rings is 1. The second-order valence-corrected chi connectivity index (χ2v) is 9.88. The van der Waals surface area contributed by atoms with Crippen molar-refractivity contribution < 1.29 is 4.74 Å². The minimum atomic E-state index is -0.328. The van der Waals surface area contributed by atoms with Gasteiger partial charge in [-0.3, -0.25) is 4.98 Å². The van der Waals surface area contributed by atoms with Crippen molar-refractivity contribution in [2.45, 2.75) is 52.1 Å². The van der Waals surface area contributed by atoms with E-state index in [1.807, 2.05) is 55.5 Å². The third-order valence-corrected chi connectivity index (χ3v) is 6.66. The first-order valence-corrected chi connectivity index (χ1v) is 12.4. The summed E-state index contributed by atoms with van der Waals surface area (Å²) in [7, 11) is 0. The summed E-state index contributed by atoms with van der Waals surface area (Å²) in [5, 5.41) is 13.9. The molecule has 1 aliphatic rings. The first kappa shape index (κ1) is 23.8. The van der Waals surface area contributed by atoms with Gasteiger partial charge in [0, 0.05) is 18.5 Å². The average Bonchev–Trinajstić information content (AvgIpc) is 2.84. The summed E-state index contributed by atoms with van der Waals surface area (Å²) < 4.78 is 5.83. The molecule has 7 heteroatoms. The minimum Gasteiger partial charge on any atom is -0.373 e. The van der Waals surface area contributed by atoms with Crippen LogP contribution in [-0.4, -0.2) is 26.5 Å². The first-order chi connectivity index (χ1) is 17.5. The standard InChI is InChI=1S/C29H30N6O/c1-19(2)16-36-17-25-34-27(32-22-9-7-21(8-10-22)29(18-30)13-5-14-29)23-11-12-24(33-28(23)35-25)26-20(3)6-4-15-31-26/h4,6-12,15,19H,5,13-14,16-17H2,1-3H3,(H,32,33,34,35). The fourth-order valence-corrected chi connectivity index (χ4v) is 4.49. The third kappa shape index (κ3) is 4.77. The van der Waals surface area contributed by atoms with E-state index < -0.39 is 0 Å². The van der Waals surface area contributed by atoms with Gasteiger partial charge >= 0.3 is 0 Å². The summed E-state index contributed by atoms with van der Waals surface area (Å²) in [5.74, 6) is 1.67. The van der Waals surface area contributed by atoms with Crippen LogP contribution in [-0.2, 0) is 16.8 Å². The number of hydrogen-bond acceptors (Lipinski definition) is 7. The van der Waals surface area contributed by atoms with Crippen LogP contribution in [0.25, 0.3) is 22.4 Å². The number of nitriles is 1. The molecule has 0 unspecified atom stereocenters. The Bertz CT molecular complexity index is 1420. The lowest BCUT2D eigenvalue weighted by atomic mass is 9.65. The van der Waals surface area contributed by atoms with Crippen molar-refractivity contribution in [3.63, 3.8) is 0 Å². The highest BCUT2D eigenvalue weighted by molar-refractivity contribution is 5.90. The lowest BCUT2D eigenvalue weighted by molar-refractivity contribution is 0.0925. The quantitative estimate of drug-likeness (QED) is 0.319. The van der Waals surface area contributed by atoms with Crippen LogP contribution in [0.4, 0.5) is 11.5 Å². The largest absolute Gasteiger partial charge is 0.373 e. The van der Waals surface area contributed by atoms with Gasteiger partial charge in [0.25, 0.3) is 0 Å². The first-order valence-electron chi connectivity index (χ1n) is 12.4. The van der Waals surface area contributed by atoms with Crippen molar-refractivity contribution in [3.05, 3.63) is 71.7 Å². The molecule has 1 aliphatic carbocycles. The van der Waals surface area contributed by atoms with Gasteiger partial charge < -0.3 is 10.1 Å². The molecule has 5 rings (SSSR count). The van der Waals surface area contributed by atoms with E-state index in [1.54, 1.807) is 6.20 Å². The van der Waals surface area contributed by atoms with Crippen molar-refractivity contribution >= 4 is 22.5 Å². The van der Waals surface area contributed by atoms with E-state index >= 15 is 0 Å². The fourth-order valence-electron chi connectivity index (χ4n) is 4.49. The molecule has 3 heterocycles. The molecule has 0 atom stereocenters. The van der Waals surface area contributed by atoms with Crippen LogP contribution in [0, 0.1) is 24.2 Å². The molecule has 36 heavy (non-hydrogen) atoms. The van der Waals surface area contributed by atoms with Crippen LogP contribution >= 0.6 is 0 Å². The average molecular weight is 479 g/mol. The topological polar surface area (TPSA) is 96.6 Å². The Morgan fingerprint density at radius 2 is 1.86 bits per heavy atom. The highest BCUT2D eigenvalue weighted by Crippen LogP contribution is 2.43. The van der Waals surface area contributed by atoms with Crippen LogP contribution in [0.2, 0.25) is 0 Å². The Morgan fingerprint density at radius 3 is 2.53 bits per heavy atom. The number of rotatable bonds is 8. The van der Waals surface area contributed by atoms with E-state index in [-0.39, 0.29) is 5.41 Å². The van der Waals surface area contributed by atoms with Crippen molar-refractivity contribution in [2.75, 3.05) is 11.9 Å². The van der Waals surface area contributed by atoms with Gasteiger partial charge in [-0.25, -0.2) is 15.0 Å².